The first-order valence-electron chi connectivity index (χ1n) is 6.44. The van der Waals surface area contributed by atoms with E-state index in [0.29, 0.717) is 23.1 Å². The zero-order valence-electron chi connectivity index (χ0n) is 11.6. The van der Waals surface area contributed by atoms with Gasteiger partial charge >= 0.3 is 0 Å². The first-order chi connectivity index (χ1) is 10.2. The molecule has 1 amide bonds. The maximum absolute atomic E-state index is 11.9. The van der Waals surface area contributed by atoms with Gasteiger partial charge in [-0.25, -0.2) is 0 Å². The van der Waals surface area contributed by atoms with Gasteiger partial charge in [0.2, 0.25) is 0 Å². The number of benzene rings is 2. The molecule has 0 spiro atoms. The van der Waals surface area contributed by atoms with Gasteiger partial charge in [-0.15, -0.1) is 0 Å². The molecule has 0 heterocycles. The van der Waals surface area contributed by atoms with Crippen molar-refractivity contribution in [2.45, 2.75) is 6.61 Å². The molecular weight excluding hydrogens is 290 g/mol. The van der Waals surface area contributed by atoms with E-state index in [0.717, 1.165) is 5.56 Å². The quantitative estimate of drug-likeness (QED) is 0.888. The van der Waals surface area contributed by atoms with Crippen molar-refractivity contribution >= 4 is 23.2 Å². The number of anilines is 1. The first kappa shape index (κ1) is 15.4. The summed E-state index contributed by atoms with van der Waals surface area (Å²) in [6.07, 6.45) is 0. The lowest BCUT2D eigenvalue weighted by Gasteiger charge is -2.09. The summed E-state index contributed by atoms with van der Waals surface area (Å²) in [6, 6.07) is 14.5. The number of nitrogens with one attached hydrogen (secondary N) is 1. The number of carbonyl (C=O) groups is 1. The maximum atomic E-state index is 11.9. The van der Waals surface area contributed by atoms with Gasteiger partial charge in [0.05, 0.1) is 11.6 Å². The van der Waals surface area contributed by atoms with Gasteiger partial charge in [-0.2, -0.15) is 0 Å². The molecule has 0 bridgehead atoms. The van der Waals surface area contributed by atoms with E-state index in [-0.39, 0.29) is 12.5 Å². The molecule has 21 heavy (non-hydrogen) atoms. The second-order valence-corrected chi connectivity index (χ2v) is 4.81. The van der Waals surface area contributed by atoms with Crippen LogP contribution >= 0.6 is 11.6 Å². The van der Waals surface area contributed by atoms with E-state index >= 15 is 0 Å². The van der Waals surface area contributed by atoms with Gasteiger partial charge in [-0.1, -0.05) is 35.9 Å². The third kappa shape index (κ3) is 4.77. The fourth-order valence-corrected chi connectivity index (χ4v) is 2.00. The lowest BCUT2D eigenvalue weighted by molar-refractivity contribution is -0.118. The van der Waals surface area contributed by atoms with E-state index in [1.54, 1.807) is 31.4 Å². The summed E-state index contributed by atoms with van der Waals surface area (Å²) in [4.78, 5) is 11.9. The molecule has 0 aliphatic carbocycles. The molecule has 2 aromatic rings. The van der Waals surface area contributed by atoms with Crippen molar-refractivity contribution in [1.82, 2.24) is 0 Å². The average molecular weight is 306 g/mol. The Kier molecular flexibility index (Phi) is 5.60. The van der Waals surface area contributed by atoms with Crippen molar-refractivity contribution in [2.75, 3.05) is 19.0 Å². The van der Waals surface area contributed by atoms with Gasteiger partial charge in [0.25, 0.3) is 5.91 Å². The summed E-state index contributed by atoms with van der Waals surface area (Å²) in [6.45, 7) is 0.401. The molecule has 0 aliphatic rings. The Morgan fingerprint density at radius 1 is 1.19 bits per heavy atom. The summed E-state index contributed by atoms with van der Waals surface area (Å²) in [5.74, 6) is 0.243. The molecular formula is C16H16ClNO3. The molecule has 0 unspecified atom stereocenters. The Morgan fingerprint density at radius 2 is 2.00 bits per heavy atom. The van der Waals surface area contributed by atoms with Crippen molar-refractivity contribution < 1.29 is 14.3 Å². The highest BCUT2D eigenvalue weighted by atomic mass is 35.5. The second kappa shape index (κ2) is 7.67. The summed E-state index contributed by atoms with van der Waals surface area (Å²) in [5, 5.41) is 3.25. The summed E-state index contributed by atoms with van der Waals surface area (Å²) in [7, 11) is 1.63. The van der Waals surface area contributed by atoms with E-state index in [4.69, 9.17) is 21.1 Å². The van der Waals surface area contributed by atoms with Gasteiger partial charge in [0.1, 0.15) is 5.75 Å². The molecule has 0 saturated carbocycles. The fraction of sp³-hybridized carbons (Fsp3) is 0.188. The molecule has 0 radical (unpaired) electrons. The number of carbonyl (C=O) groups excluding carboxylic acids is 1. The van der Waals surface area contributed by atoms with Crippen LogP contribution in [0.4, 0.5) is 5.69 Å². The lowest BCUT2D eigenvalue weighted by atomic mass is 10.2. The van der Waals surface area contributed by atoms with Gasteiger partial charge in [-0.3, -0.25) is 4.79 Å². The maximum Gasteiger partial charge on any atom is 0.262 e. The third-order valence-corrected chi connectivity index (χ3v) is 3.03. The molecule has 0 atom stereocenters. The van der Waals surface area contributed by atoms with Gasteiger partial charge in [-0.05, 0) is 29.8 Å². The zero-order chi connectivity index (χ0) is 15.1. The monoisotopic (exact) mass is 305 g/mol. The SMILES string of the molecule is COCc1cccc(NC(=O)COc2ccccc2Cl)c1. The third-order valence-electron chi connectivity index (χ3n) is 2.72. The molecule has 4 nitrogen and oxygen atoms in total. The minimum Gasteiger partial charge on any atom is -0.482 e. The zero-order valence-corrected chi connectivity index (χ0v) is 12.4. The molecule has 2 rings (SSSR count). The van der Waals surface area contributed by atoms with Crippen LogP contribution in [0.25, 0.3) is 0 Å². The molecule has 0 aliphatic heterocycles. The van der Waals surface area contributed by atoms with Crippen LogP contribution in [0.3, 0.4) is 0 Å². The highest BCUT2D eigenvalue weighted by molar-refractivity contribution is 6.32. The number of amides is 1. The van der Waals surface area contributed by atoms with Crippen LogP contribution in [0.2, 0.25) is 5.02 Å². The van der Waals surface area contributed by atoms with Crippen LogP contribution in [0.5, 0.6) is 5.75 Å². The normalized spacial score (nSPS) is 10.2. The number of hydrogen-bond acceptors (Lipinski definition) is 3. The van der Waals surface area contributed by atoms with E-state index in [9.17, 15) is 4.79 Å². The molecule has 2 aromatic carbocycles. The molecule has 0 saturated heterocycles. The Bertz CT molecular complexity index is 616. The number of ether oxygens (including phenoxy) is 2. The Labute approximate surface area is 128 Å². The summed E-state index contributed by atoms with van der Waals surface area (Å²) >= 11 is 5.95. The largest absolute Gasteiger partial charge is 0.482 e. The van der Waals surface area contributed by atoms with Crippen LogP contribution in [-0.4, -0.2) is 19.6 Å². The van der Waals surface area contributed by atoms with Crippen LogP contribution in [0.1, 0.15) is 5.56 Å². The van der Waals surface area contributed by atoms with Gasteiger partial charge in [0, 0.05) is 12.8 Å². The van der Waals surface area contributed by atoms with Crippen LogP contribution < -0.4 is 10.1 Å². The predicted molar refractivity (Wildman–Crippen MR) is 82.7 cm³/mol. The smallest absolute Gasteiger partial charge is 0.262 e. The lowest BCUT2D eigenvalue weighted by Crippen LogP contribution is -2.20. The fourth-order valence-electron chi connectivity index (χ4n) is 1.81. The molecule has 5 heteroatoms. The topological polar surface area (TPSA) is 47.6 Å². The Balaban J connectivity index is 1.90. The molecule has 110 valence electrons. The van der Waals surface area contributed by atoms with Crippen LogP contribution in [0.15, 0.2) is 48.5 Å². The summed E-state index contributed by atoms with van der Waals surface area (Å²) < 4.78 is 10.4. The molecule has 1 N–H and O–H groups in total. The van der Waals surface area contributed by atoms with Gasteiger partial charge < -0.3 is 14.8 Å². The van der Waals surface area contributed by atoms with Crippen LogP contribution in [0, 0.1) is 0 Å². The summed E-state index contributed by atoms with van der Waals surface area (Å²) in [5.41, 5.74) is 1.69. The van der Waals surface area contributed by atoms with Crippen molar-refractivity contribution in [2.24, 2.45) is 0 Å². The minimum atomic E-state index is -0.246. The van der Waals surface area contributed by atoms with Crippen molar-refractivity contribution in [3.05, 3.63) is 59.1 Å². The predicted octanol–water partition coefficient (Wildman–Crippen LogP) is 3.50. The number of hydrogen-bond donors (Lipinski definition) is 1. The highest BCUT2D eigenvalue weighted by Gasteiger charge is 2.06. The van der Waals surface area contributed by atoms with E-state index in [1.807, 2.05) is 24.3 Å². The first-order valence-corrected chi connectivity index (χ1v) is 6.82. The average Bonchev–Trinajstić information content (AvgIpc) is 2.47. The second-order valence-electron chi connectivity index (χ2n) is 4.40. The van der Waals surface area contributed by atoms with E-state index < -0.39 is 0 Å². The minimum absolute atomic E-state index is 0.0990. The number of rotatable bonds is 6. The van der Waals surface area contributed by atoms with Crippen molar-refractivity contribution in [1.29, 1.82) is 0 Å². The van der Waals surface area contributed by atoms with E-state index in [2.05, 4.69) is 5.32 Å². The van der Waals surface area contributed by atoms with E-state index in [1.165, 1.54) is 0 Å². The Hall–Kier alpha value is -2.04. The highest BCUT2D eigenvalue weighted by Crippen LogP contribution is 2.23. The van der Waals surface area contributed by atoms with Gasteiger partial charge in [0.15, 0.2) is 6.61 Å². The number of para-hydroxylation sites is 1. The van der Waals surface area contributed by atoms with Crippen molar-refractivity contribution in [3.63, 3.8) is 0 Å². The standard InChI is InChI=1S/C16H16ClNO3/c1-20-10-12-5-4-6-13(9-12)18-16(19)11-21-15-8-3-2-7-14(15)17/h2-9H,10-11H2,1H3,(H,18,19). The number of methoxy groups -OCH3 is 1. The van der Waals surface area contributed by atoms with Crippen LogP contribution in [-0.2, 0) is 16.1 Å². The Morgan fingerprint density at radius 3 is 2.76 bits per heavy atom. The molecule has 0 fully saturated rings. The molecule has 0 aromatic heterocycles. The van der Waals surface area contributed by atoms with Crippen molar-refractivity contribution in [3.8, 4) is 5.75 Å². The number of halogens is 1.